The first-order valence-corrected chi connectivity index (χ1v) is 8.34. The zero-order valence-electron chi connectivity index (χ0n) is 15.0. The van der Waals surface area contributed by atoms with Crippen LogP contribution in [0.15, 0.2) is 0 Å². The molecular formula is C17H34N4. The third kappa shape index (κ3) is 5.34. The van der Waals surface area contributed by atoms with Gasteiger partial charge in [0.15, 0.2) is 0 Å². The zero-order chi connectivity index (χ0) is 16.0. The van der Waals surface area contributed by atoms with Gasteiger partial charge in [0.05, 0.1) is 5.69 Å². The summed E-state index contributed by atoms with van der Waals surface area (Å²) in [6.07, 6.45) is 1.16. The standard InChI is InChI=1S/C17H34N4/c1-8-9-18-10-16-15(6)19-20(7)17(16)21(11-13(2)3)12-14(4)5/h13-14,18H,8-12H2,1-7H3. The third-order valence-corrected chi connectivity index (χ3v) is 3.51. The lowest BCUT2D eigenvalue weighted by Gasteiger charge is -2.29. The Morgan fingerprint density at radius 1 is 1.14 bits per heavy atom. The molecule has 0 bridgehead atoms. The van der Waals surface area contributed by atoms with Gasteiger partial charge in [0.25, 0.3) is 0 Å². The molecule has 0 radical (unpaired) electrons. The Morgan fingerprint density at radius 3 is 2.19 bits per heavy atom. The van der Waals surface area contributed by atoms with E-state index < -0.39 is 0 Å². The van der Waals surface area contributed by atoms with E-state index in [-0.39, 0.29) is 0 Å². The SMILES string of the molecule is CCCNCc1c(C)nn(C)c1N(CC(C)C)CC(C)C. The predicted molar refractivity (Wildman–Crippen MR) is 91.8 cm³/mol. The second-order valence-electron chi connectivity index (χ2n) is 6.88. The molecule has 1 rings (SSSR count). The average molecular weight is 294 g/mol. The maximum Gasteiger partial charge on any atom is 0.131 e. The highest BCUT2D eigenvalue weighted by Crippen LogP contribution is 2.25. The van der Waals surface area contributed by atoms with Crippen LogP contribution in [-0.4, -0.2) is 29.4 Å². The van der Waals surface area contributed by atoms with Crippen LogP contribution in [0.2, 0.25) is 0 Å². The molecule has 122 valence electrons. The average Bonchev–Trinajstić information content (AvgIpc) is 2.62. The Balaban J connectivity index is 3.04. The molecule has 1 aromatic rings. The fourth-order valence-electron chi connectivity index (χ4n) is 2.81. The molecule has 0 amide bonds. The summed E-state index contributed by atoms with van der Waals surface area (Å²) in [5.41, 5.74) is 2.50. The number of nitrogens with zero attached hydrogens (tertiary/aromatic N) is 3. The van der Waals surface area contributed by atoms with Gasteiger partial charge in [-0.3, -0.25) is 4.68 Å². The van der Waals surface area contributed by atoms with Crippen molar-refractivity contribution in [3.05, 3.63) is 11.3 Å². The van der Waals surface area contributed by atoms with Crippen molar-refractivity contribution < 1.29 is 0 Å². The highest BCUT2D eigenvalue weighted by atomic mass is 15.4. The van der Waals surface area contributed by atoms with E-state index in [9.17, 15) is 0 Å². The first-order valence-electron chi connectivity index (χ1n) is 8.34. The molecule has 1 aromatic heterocycles. The number of hydrogen-bond donors (Lipinski definition) is 1. The second-order valence-corrected chi connectivity index (χ2v) is 6.88. The lowest BCUT2D eigenvalue weighted by molar-refractivity contribution is 0.536. The van der Waals surface area contributed by atoms with Crippen LogP contribution >= 0.6 is 0 Å². The molecule has 1 heterocycles. The van der Waals surface area contributed by atoms with Crippen molar-refractivity contribution in [1.82, 2.24) is 15.1 Å². The van der Waals surface area contributed by atoms with Crippen molar-refractivity contribution >= 4 is 5.82 Å². The van der Waals surface area contributed by atoms with Crippen LogP contribution in [0, 0.1) is 18.8 Å². The molecule has 1 N–H and O–H groups in total. The Kier molecular flexibility index (Phi) is 7.23. The minimum Gasteiger partial charge on any atom is -0.356 e. The lowest BCUT2D eigenvalue weighted by Crippen LogP contribution is -2.34. The Bertz CT molecular complexity index is 411. The van der Waals surface area contributed by atoms with E-state index in [0.29, 0.717) is 11.8 Å². The van der Waals surface area contributed by atoms with Gasteiger partial charge in [0.1, 0.15) is 5.82 Å². The summed E-state index contributed by atoms with van der Waals surface area (Å²) in [7, 11) is 2.07. The second kappa shape index (κ2) is 8.42. The molecule has 21 heavy (non-hydrogen) atoms. The highest BCUT2D eigenvalue weighted by Gasteiger charge is 2.20. The molecule has 0 unspecified atom stereocenters. The number of aryl methyl sites for hydroxylation is 2. The van der Waals surface area contributed by atoms with Crippen molar-refractivity contribution in [1.29, 1.82) is 0 Å². The van der Waals surface area contributed by atoms with E-state index in [1.807, 2.05) is 0 Å². The summed E-state index contributed by atoms with van der Waals surface area (Å²) < 4.78 is 2.06. The zero-order valence-corrected chi connectivity index (χ0v) is 15.0. The molecule has 4 heteroatoms. The van der Waals surface area contributed by atoms with Crippen molar-refractivity contribution in [2.24, 2.45) is 18.9 Å². The molecule has 0 atom stereocenters. The van der Waals surface area contributed by atoms with Crippen LogP contribution in [0.3, 0.4) is 0 Å². The molecule has 0 aliphatic rings. The van der Waals surface area contributed by atoms with Gasteiger partial charge in [0.2, 0.25) is 0 Å². The third-order valence-electron chi connectivity index (χ3n) is 3.51. The van der Waals surface area contributed by atoms with Crippen molar-refractivity contribution in [3.8, 4) is 0 Å². The summed E-state index contributed by atoms with van der Waals surface area (Å²) in [6, 6.07) is 0. The quantitative estimate of drug-likeness (QED) is 0.709. The van der Waals surface area contributed by atoms with E-state index in [4.69, 9.17) is 0 Å². The summed E-state index contributed by atoms with van der Waals surface area (Å²) in [4.78, 5) is 2.51. The van der Waals surface area contributed by atoms with E-state index in [1.165, 1.54) is 11.4 Å². The minimum atomic E-state index is 0.649. The van der Waals surface area contributed by atoms with Crippen molar-refractivity contribution in [3.63, 3.8) is 0 Å². The molecule has 0 aromatic carbocycles. The molecule has 4 nitrogen and oxygen atoms in total. The van der Waals surface area contributed by atoms with Gasteiger partial charge in [-0.05, 0) is 31.7 Å². The van der Waals surface area contributed by atoms with Gasteiger partial charge < -0.3 is 10.2 Å². The summed E-state index contributed by atoms with van der Waals surface area (Å²) >= 11 is 0. The number of hydrogen-bond acceptors (Lipinski definition) is 3. The maximum atomic E-state index is 4.66. The first-order chi connectivity index (χ1) is 9.86. The number of rotatable bonds is 9. The van der Waals surface area contributed by atoms with Crippen molar-refractivity contribution in [2.75, 3.05) is 24.5 Å². The first kappa shape index (κ1) is 18.0. The fourth-order valence-corrected chi connectivity index (χ4v) is 2.81. The Labute approximate surface area is 130 Å². The molecule has 0 aliphatic heterocycles. The smallest absolute Gasteiger partial charge is 0.131 e. The van der Waals surface area contributed by atoms with E-state index >= 15 is 0 Å². The molecule has 0 saturated carbocycles. The van der Waals surface area contributed by atoms with Crippen LogP contribution in [0.1, 0.15) is 52.3 Å². The number of aromatic nitrogens is 2. The Hall–Kier alpha value is -1.03. The lowest BCUT2D eigenvalue weighted by atomic mass is 10.1. The van der Waals surface area contributed by atoms with Crippen LogP contribution in [-0.2, 0) is 13.6 Å². The van der Waals surface area contributed by atoms with Crippen LogP contribution in [0.5, 0.6) is 0 Å². The van der Waals surface area contributed by atoms with E-state index in [1.54, 1.807) is 0 Å². The number of nitrogens with one attached hydrogen (secondary N) is 1. The van der Waals surface area contributed by atoms with E-state index in [2.05, 4.69) is 68.6 Å². The normalized spacial score (nSPS) is 11.7. The summed E-state index contributed by atoms with van der Waals surface area (Å²) in [5, 5.41) is 8.19. The molecule has 0 saturated heterocycles. The Morgan fingerprint density at radius 2 is 1.71 bits per heavy atom. The largest absolute Gasteiger partial charge is 0.356 e. The van der Waals surface area contributed by atoms with Crippen LogP contribution < -0.4 is 10.2 Å². The number of anilines is 1. The monoisotopic (exact) mass is 294 g/mol. The maximum absolute atomic E-state index is 4.66. The molecule has 0 spiro atoms. The summed E-state index contributed by atoms with van der Waals surface area (Å²) in [5.74, 6) is 2.59. The van der Waals surface area contributed by atoms with Crippen LogP contribution in [0.4, 0.5) is 5.82 Å². The van der Waals surface area contributed by atoms with Gasteiger partial charge in [-0.15, -0.1) is 0 Å². The van der Waals surface area contributed by atoms with Gasteiger partial charge in [0, 0.05) is 32.2 Å². The van der Waals surface area contributed by atoms with Crippen molar-refractivity contribution in [2.45, 2.75) is 54.5 Å². The van der Waals surface area contributed by atoms with Gasteiger partial charge in [-0.25, -0.2) is 0 Å². The minimum absolute atomic E-state index is 0.649. The molecule has 0 fully saturated rings. The van der Waals surface area contributed by atoms with Crippen LogP contribution in [0.25, 0.3) is 0 Å². The van der Waals surface area contributed by atoms with Gasteiger partial charge >= 0.3 is 0 Å². The van der Waals surface area contributed by atoms with Gasteiger partial charge in [-0.2, -0.15) is 5.10 Å². The fraction of sp³-hybridized carbons (Fsp3) is 0.824. The molecule has 0 aliphatic carbocycles. The highest BCUT2D eigenvalue weighted by molar-refractivity contribution is 5.50. The van der Waals surface area contributed by atoms with E-state index in [0.717, 1.165) is 38.3 Å². The topological polar surface area (TPSA) is 33.1 Å². The predicted octanol–water partition coefficient (Wildman–Crippen LogP) is 3.35. The van der Waals surface area contributed by atoms with Gasteiger partial charge in [-0.1, -0.05) is 34.6 Å². The summed E-state index contributed by atoms with van der Waals surface area (Å²) in [6.45, 7) is 17.6. The molecular weight excluding hydrogens is 260 g/mol.